The van der Waals surface area contributed by atoms with Gasteiger partial charge in [0, 0.05) is 6.04 Å². The summed E-state index contributed by atoms with van der Waals surface area (Å²) in [6, 6.07) is 8.33. The summed E-state index contributed by atoms with van der Waals surface area (Å²) in [5.74, 6) is 0. The summed E-state index contributed by atoms with van der Waals surface area (Å²) < 4.78 is 11.2. The highest BCUT2D eigenvalue weighted by Gasteiger charge is 2.28. The Hall–Kier alpha value is -0.900. The van der Waals surface area contributed by atoms with Crippen molar-refractivity contribution in [2.45, 2.75) is 38.5 Å². The minimum absolute atomic E-state index is 0.0184. The summed E-state index contributed by atoms with van der Waals surface area (Å²) in [6.45, 7) is 5.58. The van der Waals surface area contributed by atoms with E-state index in [4.69, 9.17) is 15.2 Å². The number of ether oxygens (including phenoxy) is 2. The van der Waals surface area contributed by atoms with Crippen LogP contribution in [0, 0.1) is 6.92 Å². The molecule has 1 fully saturated rings. The third kappa shape index (κ3) is 2.86. The van der Waals surface area contributed by atoms with Crippen molar-refractivity contribution in [3.63, 3.8) is 0 Å². The Morgan fingerprint density at radius 1 is 1.41 bits per heavy atom. The molecule has 2 unspecified atom stereocenters. The van der Waals surface area contributed by atoms with E-state index in [9.17, 15) is 0 Å². The first-order valence-electron chi connectivity index (χ1n) is 6.26. The maximum absolute atomic E-state index is 6.18. The summed E-state index contributed by atoms with van der Waals surface area (Å²) in [6.07, 6.45) is 1.10. The van der Waals surface area contributed by atoms with Crippen molar-refractivity contribution in [2.75, 3.05) is 13.2 Å². The Balaban J connectivity index is 2.16. The van der Waals surface area contributed by atoms with Gasteiger partial charge in [0.25, 0.3) is 0 Å². The second-order valence-corrected chi connectivity index (χ2v) is 4.64. The van der Waals surface area contributed by atoms with Gasteiger partial charge in [-0.3, -0.25) is 0 Å². The fourth-order valence-electron chi connectivity index (χ4n) is 2.02. The molecule has 1 aromatic rings. The molecule has 0 aliphatic carbocycles. The molecule has 1 heterocycles. The van der Waals surface area contributed by atoms with Gasteiger partial charge in [-0.1, -0.05) is 31.2 Å². The average molecular weight is 235 g/mol. The minimum atomic E-state index is -0.0184. The van der Waals surface area contributed by atoms with Crippen LogP contribution >= 0.6 is 0 Å². The Kier molecular flexibility index (Phi) is 4.15. The Morgan fingerprint density at radius 3 is 2.65 bits per heavy atom. The van der Waals surface area contributed by atoms with Crippen molar-refractivity contribution in [3.05, 3.63) is 35.4 Å². The quantitative estimate of drug-likeness (QED) is 0.851. The van der Waals surface area contributed by atoms with Crippen LogP contribution in [0.3, 0.4) is 0 Å². The zero-order valence-electron chi connectivity index (χ0n) is 10.6. The lowest BCUT2D eigenvalue weighted by Gasteiger charge is -2.33. The lowest BCUT2D eigenvalue weighted by molar-refractivity contribution is -0.160. The third-order valence-corrected chi connectivity index (χ3v) is 3.30. The van der Waals surface area contributed by atoms with E-state index < -0.39 is 0 Å². The smallest absolute Gasteiger partial charge is 0.105 e. The molecule has 1 saturated heterocycles. The highest BCUT2D eigenvalue weighted by atomic mass is 16.6. The first-order chi connectivity index (χ1) is 8.22. The van der Waals surface area contributed by atoms with Gasteiger partial charge >= 0.3 is 0 Å². The molecular formula is C14H21NO2. The molecule has 2 rings (SSSR count). The monoisotopic (exact) mass is 235 g/mol. The van der Waals surface area contributed by atoms with E-state index in [1.807, 2.05) is 12.1 Å². The molecule has 0 bridgehead atoms. The standard InChI is InChI=1S/C14H21NO2/c1-3-13(15)14(17-11-8-16-9-11)12-7-5-4-6-10(12)2/h4-7,11,13-14H,3,8-9,15H2,1-2H3. The van der Waals surface area contributed by atoms with Gasteiger partial charge in [-0.25, -0.2) is 0 Å². The van der Waals surface area contributed by atoms with Crippen LogP contribution in [-0.4, -0.2) is 25.4 Å². The van der Waals surface area contributed by atoms with Crippen molar-refractivity contribution in [2.24, 2.45) is 5.73 Å². The fraction of sp³-hybridized carbons (Fsp3) is 0.571. The van der Waals surface area contributed by atoms with Gasteiger partial charge in [-0.2, -0.15) is 0 Å². The van der Waals surface area contributed by atoms with Crippen LogP contribution in [0.1, 0.15) is 30.6 Å². The zero-order valence-corrected chi connectivity index (χ0v) is 10.6. The largest absolute Gasteiger partial charge is 0.376 e. The zero-order chi connectivity index (χ0) is 12.3. The molecule has 3 nitrogen and oxygen atoms in total. The van der Waals surface area contributed by atoms with Crippen LogP contribution in [0.5, 0.6) is 0 Å². The molecule has 0 spiro atoms. The normalized spacial score (nSPS) is 19.7. The van der Waals surface area contributed by atoms with Gasteiger partial charge in [0.15, 0.2) is 0 Å². The number of hydrogen-bond donors (Lipinski definition) is 1. The number of nitrogens with two attached hydrogens (primary N) is 1. The van der Waals surface area contributed by atoms with Crippen molar-refractivity contribution >= 4 is 0 Å². The predicted octanol–water partition coefficient (Wildman–Crippen LogP) is 2.19. The molecule has 2 atom stereocenters. The highest BCUT2D eigenvalue weighted by Crippen LogP contribution is 2.28. The second-order valence-electron chi connectivity index (χ2n) is 4.64. The second kappa shape index (κ2) is 5.63. The predicted molar refractivity (Wildman–Crippen MR) is 67.9 cm³/mol. The van der Waals surface area contributed by atoms with Gasteiger partial charge in [0.2, 0.25) is 0 Å². The summed E-state index contributed by atoms with van der Waals surface area (Å²) in [5.41, 5.74) is 8.62. The van der Waals surface area contributed by atoms with E-state index in [1.54, 1.807) is 0 Å². The Morgan fingerprint density at radius 2 is 2.12 bits per heavy atom. The average Bonchev–Trinajstić information content (AvgIpc) is 2.29. The fourth-order valence-corrected chi connectivity index (χ4v) is 2.02. The van der Waals surface area contributed by atoms with Crippen LogP contribution in [0.4, 0.5) is 0 Å². The van der Waals surface area contributed by atoms with Gasteiger partial charge in [-0.15, -0.1) is 0 Å². The number of benzene rings is 1. The van der Waals surface area contributed by atoms with E-state index in [2.05, 4.69) is 26.0 Å². The topological polar surface area (TPSA) is 44.5 Å². The van der Waals surface area contributed by atoms with Gasteiger partial charge < -0.3 is 15.2 Å². The van der Waals surface area contributed by atoms with Crippen molar-refractivity contribution in [1.29, 1.82) is 0 Å². The van der Waals surface area contributed by atoms with Crippen molar-refractivity contribution in [3.8, 4) is 0 Å². The number of aryl methyl sites for hydroxylation is 1. The lowest BCUT2D eigenvalue weighted by Crippen LogP contribution is -2.41. The lowest BCUT2D eigenvalue weighted by atomic mass is 9.96. The van der Waals surface area contributed by atoms with E-state index in [0.717, 1.165) is 6.42 Å². The number of hydrogen-bond acceptors (Lipinski definition) is 3. The summed E-state index contributed by atoms with van der Waals surface area (Å²) in [4.78, 5) is 0. The Labute approximate surface area is 103 Å². The molecule has 17 heavy (non-hydrogen) atoms. The number of rotatable bonds is 5. The van der Waals surface area contributed by atoms with Crippen LogP contribution in [0.25, 0.3) is 0 Å². The molecule has 94 valence electrons. The molecule has 0 aromatic heterocycles. The molecule has 1 aromatic carbocycles. The van der Waals surface area contributed by atoms with Crippen LogP contribution < -0.4 is 5.73 Å². The van der Waals surface area contributed by atoms with Gasteiger partial charge in [0.1, 0.15) is 6.10 Å². The molecular weight excluding hydrogens is 214 g/mol. The van der Waals surface area contributed by atoms with Crippen LogP contribution in [0.2, 0.25) is 0 Å². The van der Waals surface area contributed by atoms with Crippen molar-refractivity contribution in [1.82, 2.24) is 0 Å². The van der Waals surface area contributed by atoms with Crippen molar-refractivity contribution < 1.29 is 9.47 Å². The van der Waals surface area contributed by atoms with Gasteiger partial charge in [-0.05, 0) is 24.5 Å². The summed E-state index contributed by atoms with van der Waals surface area (Å²) >= 11 is 0. The SMILES string of the molecule is CCC(N)C(OC1COC1)c1ccccc1C. The molecule has 2 N–H and O–H groups in total. The maximum atomic E-state index is 6.18. The first kappa shape index (κ1) is 12.6. The first-order valence-corrected chi connectivity index (χ1v) is 6.26. The molecule has 0 saturated carbocycles. The molecule has 3 heteroatoms. The summed E-state index contributed by atoms with van der Waals surface area (Å²) in [5, 5.41) is 0. The van der Waals surface area contributed by atoms with E-state index in [-0.39, 0.29) is 18.2 Å². The molecule has 0 amide bonds. The highest BCUT2D eigenvalue weighted by molar-refractivity contribution is 5.28. The molecule has 1 aliphatic rings. The Bertz CT molecular complexity index is 363. The summed E-state index contributed by atoms with van der Waals surface area (Å²) in [7, 11) is 0. The minimum Gasteiger partial charge on any atom is -0.376 e. The van der Waals surface area contributed by atoms with E-state index >= 15 is 0 Å². The van der Waals surface area contributed by atoms with E-state index in [1.165, 1.54) is 11.1 Å². The molecule has 1 aliphatic heterocycles. The third-order valence-electron chi connectivity index (χ3n) is 3.30. The van der Waals surface area contributed by atoms with E-state index in [0.29, 0.717) is 13.2 Å². The molecule has 0 radical (unpaired) electrons. The maximum Gasteiger partial charge on any atom is 0.105 e. The van der Waals surface area contributed by atoms with Crippen LogP contribution in [-0.2, 0) is 9.47 Å². The van der Waals surface area contributed by atoms with Gasteiger partial charge in [0.05, 0.1) is 19.3 Å². The van der Waals surface area contributed by atoms with Crippen LogP contribution in [0.15, 0.2) is 24.3 Å².